The van der Waals surface area contributed by atoms with E-state index in [2.05, 4.69) is 27.0 Å². The maximum Gasteiger partial charge on any atom is 0.339 e. The van der Waals surface area contributed by atoms with E-state index in [0.717, 1.165) is 63.4 Å². The van der Waals surface area contributed by atoms with Crippen molar-refractivity contribution in [3.05, 3.63) is 47.8 Å². The highest BCUT2D eigenvalue weighted by Crippen LogP contribution is 2.55. The van der Waals surface area contributed by atoms with Crippen molar-refractivity contribution in [2.75, 3.05) is 36.5 Å². The van der Waals surface area contributed by atoms with Gasteiger partial charge in [-0.25, -0.2) is 14.8 Å². The molecular weight excluding hydrogens is 470 g/mol. The molecule has 1 saturated heterocycles. The second-order valence-corrected chi connectivity index (χ2v) is 11.5. The summed E-state index contributed by atoms with van der Waals surface area (Å²) >= 11 is 0. The van der Waals surface area contributed by atoms with Crippen LogP contribution in [0.1, 0.15) is 59.9 Å². The van der Waals surface area contributed by atoms with E-state index in [1.165, 1.54) is 7.11 Å². The molecule has 0 spiro atoms. The lowest BCUT2D eigenvalue weighted by atomic mass is 9.52. The summed E-state index contributed by atoms with van der Waals surface area (Å²) in [4.78, 5) is 38.6. The Bertz CT molecular complexity index is 1170. The molecule has 7 rings (SSSR count). The first-order chi connectivity index (χ1) is 17.8. The van der Waals surface area contributed by atoms with Gasteiger partial charge in [-0.2, -0.15) is 0 Å². The summed E-state index contributed by atoms with van der Waals surface area (Å²) in [7, 11) is 1.36. The van der Waals surface area contributed by atoms with E-state index in [4.69, 9.17) is 9.72 Å². The van der Waals surface area contributed by atoms with Gasteiger partial charge in [0.05, 0.1) is 18.3 Å². The van der Waals surface area contributed by atoms with Gasteiger partial charge in [0.15, 0.2) is 0 Å². The predicted octanol–water partition coefficient (Wildman–Crippen LogP) is 2.65. The number of pyridine rings is 2. The minimum Gasteiger partial charge on any atom is -0.465 e. The third-order valence-corrected chi connectivity index (χ3v) is 8.92. The summed E-state index contributed by atoms with van der Waals surface area (Å²) < 4.78 is 4.75. The van der Waals surface area contributed by atoms with Gasteiger partial charge in [-0.05, 0) is 81.0 Å². The zero-order valence-corrected chi connectivity index (χ0v) is 21.5. The number of nitrogens with zero attached hydrogens (tertiary/aromatic N) is 4. The van der Waals surface area contributed by atoms with Gasteiger partial charge < -0.3 is 25.0 Å². The number of nitrogens with one attached hydrogen (secondary N) is 1. The molecule has 0 aromatic carbocycles. The molecule has 9 nitrogen and oxygen atoms in total. The monoisotopic (exact) mass is 505 g/mol. The molecule has 1 amide bonds. The minimum absolute atomic E-state index is 0.118. The highest BCUT2D eigenvalue weighted by atomic mass is 16.5. The quantitative estimate of drug-likeness (QED) is 0.598. The van der Waals surface area contributed by atoms with Crippen molar-refractivity contribution in [3.63, 3.8) is 0 Å². The number of carbonyl (C=O) groups excluding carboxylic acids is 2. The van der Waals surface area contributed by atoms with Crippen molar-refractivity contribution in [1.29, 1.82) is 0 Å². The first-order valence-electron chi connectivity index (χ1n) is 13.4. The van der Waals surface area contributed by atoms with Crippen LogP contribution >= 0.6 is 0 Å². The summed E-state index contributed by atoms with van der Waals surface area (Å²) in [6, 6.07) is 9.53. The second kappa shape index (κ2) is 9.28. The zero-order chi connectivity index (χ0) is 25.7. The number of rotatable bonds is 5. The van der Waals surface area contributed by atoms with Crippen molar-refractivity contribution < 1.29 is 19.4 Å². The van der Waals surface area contributed by atoms with E-state index in [1.54, 1.807) is 18.3 Å². The molecule has 2 aromatic heterocycles. The van der Waals surface area contributed by atoms with Crippen LogP contribution in [0.2, 0.25) is 0 Å². The Morgan fingerprint density at radius 2 is 1.86 bits per heavy atom. The fraction of sp³-hybridized carbons (Fsp3) is 0.571. The maximum atomic E-state index is 13.3. The van der Waals surface area contributed by atoms with Gasteiger partial charge >= 0.3 is 5.97 Å². The average Bonchev–Trinajstić information content (AvgIpc) is 2.89. The SMILES string of the molecule is COC(=O)c1ccc(N2CCN(c3cccc(C(=O)NC4C5CC6CC4CC(O)(C6)C5)n3)[C@H](C)C2)nc1. The third kappa shape index (κ3) is 4.54. The molecule has 37 heavy (non-hydrogen) atoms. The highest BCUT2D eigenvalue weighted by molar-refractivity contribution is 5.93. The van der Waals surface area contributed by atoms with E-state index in [-0.39, 0.29) is 18.0 Å². The van der Waals surface area contributed by atoms with E-state index in [9.17, 15) is 14.7 Å². The molecule has 4 aliphatic carbocycles. The number of amides is 1. The van der Waals surface area contributed by atoms with E-state index >= 15 is 0 Å². The number of ether oxygens (including phenoxy) is 1. The number of hydrogen-bond acceptors (Lipinski definition) is 8. The number of piperazine rings is 1. The number of methoxy groups -OCH3 is 1. The van der Waals surface area contributed by atoms with Crippen LogP contribution in [0.4, 0.5) is 11.6 Å². The van der Waals surface area contributed by atoms with Gasteiger partial charge in [0, 0.05) is 37.9 Å². The number of carbonyl (C=O) groups is 2. The Morgan fingerprint density at radius 1 is 1.08 bits per heavy atom. The molecule has 2 unspecified atom stereocenters. The summed E-state index contributed by atoms with van der Waals surface area (Å²) in [5.74, 6) is 2.45. The van der Waals surface area contributed by atoms with Crippen molar-refractivity contribution in [1.82, 2.24) is 15.3 Å². The molecule has 5 fully saturated rings. The molecule has 196 valence electrons. The summed E-state index contributed by atoms with van der Waals surface area (Å²) in [5.41, 5.74) is 0.369. The van der Waals surface area contributed by atoms with Crippen LogP contribution in [-0.2, 0) is 4.74 Å². The Hall–Kier alpha value is -3.20. The molecule has 4 bridgehead atoms. The fourth-order valence-corrected chi connectivity index (χ4v) is 7.47. The van der Waals surface area contributed by atoms with Crippen LogP contribution in [-0.4, -0.2) is 71.4 Å². The number of aromatic nitrogens is 2. The summed E-state index contributed by atoms with van der Waals surface area (Å²) in [6.45, 7) is 4.38. The first kappa shape index (κ1) is 24.2. The van der Waals surface area contributed by atoms with Crippen LogP contribution in [0.25, 0.3) is 0 Å². The van der Waals surface area contributed by atoms with Crippen LogP contribution in [0, 0.1) is 17.8 Å². The first-order valence-corrected chi connectivity index (χ1v) is 13.4. The second-order valence-electron chi connectivity index (χ2n) is 11.5. The van der Waals surface area contributed by atoms with Gasteiger partial charge in [0.2, 0.25) is 0 Å². The number of esters is 1. The zero-order valence-electron chi connectivity index (χ0n) is 21.5. The molecule has 9 heteroatoms. The number of anilines is 2. The van der Waals surface area contributed by atoms with Crippen molar-refractivity contribution in [2.24, 2.45) is 17.8 Å². The minimum atomic E-state index is -0.507. The smallest absolute Gasteiger partial charge is 0.339 e. The lowest BCUT2D eigenvalue weighted by Gasteiger charge is -2.58. The molecule has 2 aromatic rings. The Labute approximate surface area is 217 Å². The molecular formula is C28H35N5O4. The van der Waals surface area contributed by atoms with Crippen LogP contribution < -0.4 is 15.1 Å². The van der Waals surface area contributed by atoms with Gasteiger partial charge in [-0.1, -0.05) is 6.07 Å². The lowest BCUT2D eigenvalue weighted by Crippen LogP contribution is -2.61. The Morgan fingerprint density at radius 3 is 2.51 bits per heavy atom. The van der Waals surface area contributed by atoms with Gasteiger partial charge in [0.1, 0.15) is 17.3 Å². The van der Waals surface area contributed by atoms with Crippen molar-refractivity contribution >= 4 is 23.5 Å². The van der Waals surface area contributed by atoms with Crippen molar-refractivity contribution in [2.45, 2.75) is 56.7 Å². The Balaban J connectivity index is 1.10. The summed E-state index contributed by atoms with van der Waals surface area (Å²) in [5, 5.41) is 14.2. The molecule has 3 atom stereocenters. The van der Waals surface area contributed by atoms with E-state index < -0.39 is 11.6 Å². The highest BCUT2D eigenvalue weighted by Gasteiger charge is 2.55. The standard InChI is InChI=1S/C28H35N5O4/c1-17-16-32(23-7-6-19(15-29-23)27(35)37-2)8-9-33(17)24-5-3-4-22(30-24)26(34)31-25-20-10-18-11-21(25)14-28(36,12-18)13-20/h3-7,15,17-18,20-21,25,36H,8-14,16H2,1-2H3,(H,31,34)/t17-,18?,20?,21?,25?,28?/m1/s1. The van der Waals surface area contributed by atoms with E-state index in [1.807, 2.05) is 18.2 Å². The van der Waals surface area contributed by atoms with Crippen LogP contribution in [0.5, 0.6) is 0 Å². The Kier molecular flexibility index (Phi) is 6.06. The molecule has 2 N–H and O–H groups in total. The molecule has 0 radical (unpaired) electrons. The summed E-state index contributed by atoms with van der Waals surface area (Å²) in [6.07, 6.45) is 6.32. The molecule has 5 aliphatic rings. The van der Waals surface area contributed by atoms with Gasteiger partial charge in [-0.3, -0.25) is 4.79 Å². The van der Waals surface area contributed by atoms with Gasteiger partial charge in [-0.15, -0.1) is 0 Å². The topological polar surface area (TPSA) is 108 Å². The number of aliphatic hydroxyl groups is 1. The maximum absolute atomic E-state index is 13.3. The average molecular weight is 506 g/mol. The van der Waals surface area contributed by atoms with Crippen LogP contribution in [0.3, 0.4) is 0 Å². The van der Waals surface area contributed by atoms with E-state index in [0.29, 0.717) is 29.0 Å². The van der Waals surface area contributed by atoms with Crippen molar-refractivity contribution in [3.8, 4) is 0 Å². The molecule has 3 heterocycles. The van der Waals surface area contributed by atoms with Crippen LogP contribution in [0.15, 0.2) is 36.5 Å². The molecule has 4 saturated carbocycles. The van der Waals surface area contributed by atoms with Gasteiger partial charge in [0.25, 0.3) is 5.91 Å². The lowest BCUT2D eigenvalue weighted by molar-refractivity contribution is -0.136. The number of hydrogen-bond donors (Lipinski definition) is 2. The third-order valence-electron chi connectivity index (χ3n) is 8.92. The molecule has 1 aliphatic heterocycles. The largest absolute Gasteiger partial charge is 0.465 e. The fourth-order valence-electron chi connectivity index (χ4n) is 7.47. The normalized spacial score (nSPS) is 32.4. The predicted molar refractivity (Wildman–Crippen MR) is 139 cm³/mol.